The molecule has 0 spiro atoms. The van der Waals surface area contributed by atoms with E-state index in [1.165, 1.54) is 5.56 Å². The number of rotatable bonds is 11. The van der Waals surface area contributed by atoms with E-state index in [0.717, 1.165) is 149 Å². The molecule has 18 rings (SSSR count). The van der Waals surface area contributed by atoms with Gasteiger partial charge in [-0.2, -0.15) is 0 Å². The van der Waals surface area contributed by atoms with Crippen LogP contribution in [-0.4, -0.2) is 0 Å². The fourth-order valence-corrected chi connectivity index (χ4v) is 15.6. The summed E-state index contributed by atoms with van der Waals surface area (Å²) in [7, 11) is 0. The lowest BCUT2D eigenvalue weighted by molar-refractivity contribution is 0.632. The predicted molar refractivity (Wildman–Crippen MR) is 406 cm³/mol. The van der Waals surface area contributed by atoms with Crippen molar-refractivity contribution in [2.24, 2.45) is 0 Å². The molecule has 1 aliphatic carbocycles. The van der Waals surface area contributed by atoms with Gasteiger partial charge in [0.05, 0.1) is 11.4 Å². The Labute approximate surface area is 562 Å². The zero-order valence-corrected chi connectivity index (χ0v) is 53.5. The second-order valence-electron chi connectivity index (χ2n) is 26.2. The first kappa shape index (κ1) is 57.4. The highest BCUT2D eigenvalue weighted by molar-refractivity contribution is 6.25. The molecule has 0 aliphatic heterocycles. The molecule has 0 saturated carbocycles. The Morgan fingerprint density at radius 2 is 0.619 bits per heavy atom. The fraction of sp³-hybridized carbons (Fsp3) is 0.0323. The van der Waals surface area contributed by atoms with Gasteiger partial charge >= 0.3 is 0 Å². The summed E-state index contributed by atoms with van der Waals surface area (Å²) in [6, 6.07) is 118. The van der Waals surface area contributed by atoms with Crippen LogP contribution in [0.2, 0.25) is 0 Å². The third kappa shape index (κ3) is 9.58. The van der Waals surface area contributed by atoms with E-state index in [1.807, 2.05) is 121 Å². The number of halogens is 2. The van der Waals surface area contributed by atoms with Gasteiger partial charge in [0, 0.05) is 39.3 Å². The Morgan fingerprint density at radius 1 is 0.237 bits per heavy atom. The third-order valence-electron chi connectivity index (χ3n) is 20.3. The van der Waals surface area contributed by atoms with Crippen molar-refractivity contribution in [3.05, 3.63) is 362 Å². The lowest BCUT2D eigenvalue weighted by Gasteiger charge is -2.38. The number of anilines is 6. The molecular formula is C93H62F2N2. The lowest BCUT2D eigenvalue weighted by atomic mass is 9.66. The molecule has 0 radical (unpaired) electrons. The van der Waals surface area contributed by atoms with E-state index in [4.69, 9.17) is 0 Å². The maximum Gasteiger partial charge on any atom is 0.155 e. The van der Waals surface area contributed by atoms with Crippen LogP contribution in [-0.2, 0) is 5.41 Å². The second-order valence-corrected chi connectivity index (χ2v) is 26.2. The van der Waals surface area contributed by atoms with Crippen LogP contribution in [0.5, 0.6) is 0 Å². The quantitative estimate of drug-likeness (QED) is 0.119. The van der Waals surface area contributed by atoms with E-state index in [9.17, 15) is 0 Å². The average Bonchev–Trinajstić information content (AvgIpc) is 0.703. The zero-order valence-electron chi connectivity index (χ0n) is 53.5. The number of hydrogen-bond donors (Lipinski definition) is 0. The summed E-state index contributed by atoms with van der Waals surface area (Å²) in [5, 5.41) is 13.3. The standard InChI is InChI=1S/C93H62F2N2/c1-93(2)84-38-22-37-76-83-57-72(96(70-45-43-65-41-39-63-31-18-20-35-74(63)79(65)55-70)86-53-68(59-23-8-3-9-24-59)51-81(91(86)94)61-27-12-5-13-28-61)47-49-77(83)88(67-33-16-7-17-34-67)90(89(76)84)78-50-48-73(58-85(78)93)97(71-46-44-66-42-40-64-32-19-21-36-75(64)80(66)56-71)87-54-69(60-25-10-4-11-26-60)52-82(92(87)95)62-29-14-6-15-30-62/h3-58H,1-2H3. The molecule has 2 nitrogen and oxygen atoms in total. The molecule has 17 aromatic rings. The maximum absolute atomic E-state index is 18.6. The van der Waals surface area contributed by atoms with Crippen molar-refractivity contribution in [1.82, 2.24) is 0 Å². The Morgan fingerprint density at radius 3 is 1.11 bits per heavy atom. The highest BCUT2D eigenvalue weighted by Crippen LogP contribution is 2.57. The minimum atomic E-state index is -0.587. The van der Waals surface area contributed by atoms with Gasteiger partial charge in [0.1, 0.15) is 0 Å². The molecule has 0 unspecified atom stereocenters. The van der Waals surface area contributed by atoms with Crippen LogP contribution >= 0.6 is 0 Å². The van der Waals surface area contributed by atoms with Crippen molar-refractivity contribution in [2.45, 2.75) is 19.3 Å². The average molecular weight is 1250 g/mol. The van der Waals surface area contributed by atoms with Gasteiger partial charge in [-0.05, 0) is 204 Å². The Kier molecular flexibility index (Phi) is 13.6. The summed E-state index contributed by atoms with van der Waals surface area (Å²) >= 11 is 0. The molecule has 0 saturated heterocycles. The van der Waals surface area contributed by atoms with Crippen molar-refractivity contribution in [2.75, 3.05) is 9.80 Å². The van der Waals surface area contributed by atoms with Crippen LogP contribution in [0.1, 0.15) is 25.0 Å². The Balaban J connectivity index is 0.889. The van der Waals surface area contributed by atoms with Crippen LogP contribution < -0.4 is 9.80 Å². The van der Waals surface area contributed by atoms with Crippen molar-refractivity contribution in [1.29, 1.82) is 0 Å². The van der Waals surface area contributed by atoms with E-state index >= 15 is 8.78 Å². The number of hydrogen-bond acceptors (Lipinski definition) is 2. The highest BCUT2D eigenvalue weighted by atomic mass is 19.1. The van der Waals surface area contributed by atoms with Gasteiger partial charge in [0.2, 0.25) is 0 Å². The van der Waals surface area contributed by atoms with Gasteiger partial charge in [0.15, 0.2) is 11.6 Å². The first-order valence-electron chi connectivity index (χ1n) is 33.3. The largest absolute Gasteiger partial charge is 0.308 e. The molecule has 0 N–H and O–H groups in total. The summed E-state index contributed by atoms with van der Waals surface area (Å²) < 4.78 is 37.2. The van der Waals surface area contributed by atoms with E-state index in [0.29, 0.717) is 22.5 Å². The van der Waals surface area contributed by atoms with E-state index < -0.39 is 5.41 Å². The van der Waals surface area contributed by atoms with Gasteiger partial charge < -0.3 is 9.80 Å². The molecular weight excluding hydrogens is 1180 g/mol. The van der Waals surface area contributed by atoms with E-state index in [2.05, 4.69) is 242 Å². The molecule has 0 aromatic heterocycles. The van der Waals surface area contributed by atoms with Gasteiger partial charge in [-0.3, -0.25) is 0 Å². The lowest BCUT2D eigenvalue weighted by Crippen LogP contribution is -2.25. The molecule has 0 fully saturated rings. The zero-order chi connectivity index (χ0) is 64.9. The van der Waals surface area contributed by atoms with Gasteiger partial charge in [-0.25, -0.2) is 8.78 Å². The first-order valence-corrected chi connectivity index (χ1v) is 33.3. The van der Waals surface area contributed by atoms with Gasteiger partial charge in [-0.1, -0.05) is 281 Å². The summed E-state index contributed by atoms with van der Waals surface area (Å²) in [6.45, 7) is 4.68. The van der Waals surface area contributed by atoms with Crippen LogP contribution in [0.25, 0.3) is 131 Å². The summed E-state index contributed by atoms with van der Waals surface area (Å²) in [6.07, 6.45) is 0. The Hall–Kier alpha value is -12.2. The Bertz CT molecular complexity index is 5990. The maximum atomic E-state index is 18.6. The predicted octanol–water partition coefficient (Wildman–Crippen LogP) is 26.5. The molecule has 0 amide bonds. The van der Waals surface area contributed by atoms with Crippen LogP contribution in [0.4, 0.5) is 42.9 Å². The summed E-state index contributed by atoms with van der Waals surface area (Å²) in [4.78, 5) is 4.28. The monoisotopic (exact) mass is 1240 g/mol. The van der Waals surface area contributed by atoms with Crippen molar-refractivity contribution in [3.63, 3.8) is 0 Å². The van der Waals surface area contributed by atoms with E-state index in [-0.39, 0.29) is 11.6 Å². The number of benzene rings is 17. The molecule has 17 aromatic carbocycles. The molecule has 1 aliphatic rings. The van der Waals surface area contributed by atoms with Crippen LogP contribution in [0, 0.1) is 11.6 Å². The van der Waals surface area contributed by atoms with E-state index in [1.54, 1.807) is 0 Å². The van der Waals surface area contributed by atoms with Crippen molar-refractivity contribution in [3.8, 4) is 66.8 Å². The third-order valence-corrected chi connectivity index (χ3v) is 20.3. The summed E-state index contributed by atoms with van der Waals surface area (Å²) in [5.74, 6) is -0.635. The minimum absolute atomic E-state index is 0.316. The van der Waals surface area contributed by atoms with Gasteiger partial charge in [-0.15, -0.1) is 0 Å². The SMILES string of the molecule is CC1(C)c2cc(N(c3ccc4ccc5ccccc5c4c3)c3cc(-c4ccccc4)cc(-c4ccccc4)c3F)ccc2-c2c(-c3ccccc3)c3ccc(N(c4ccc5ccc6ccccc6c5c4)c4cc(-c5ccccc5)cc(-c5ccccc5)c4F)cc3c3cccc1c23. The first-order chi connectivity index (χ1) is 47.7. The molecule has 0 heterocycles. The highest BCUT2D eigenvalue weighted by Gasteiger charge is 2.37. The molecule has 0 atom stereocenters. The number of fused-ring (bicyclic) bond motifs is 10. The van der Waals surface area contributed by atoms with Crippen LogP contribution in [0.15, 0.2) is 340 Å². The van der Waals surface area contributed by atoms with Crippen molar-refractivity contribution < 1.29 is 8.78 Å². The minimum Gasteiger partial charge on any atom is -0.308 e. The smallest absolute Gasteiger partial charge is 0.155 e. The van der Waals surface area contributed by atoms with Crippen molar-refractivity contribution >= 4 is 98.8 Å². The second kappa shape index (κ2) is 23.1. The molecule has 97 heavy (non-hydrogen) atoms. The molecule has 458 valence electrons. The van der Waals surface area contributed by atoms with Gasteiger partial charge in [0.25, 0.3) is 0 Å². The number of nitrogens with zero attached hydrogens (tertiary/aromatic N) is 2. The normalized spacial score (nSPS) is 12.4. The fourth-order valence-electron chi connectivity index (χ4n) is 15.6. The molecule has 4 heteroatoms. The van der Waals surface area contributed by atoms with Crippen LogP contribution in [0.3, 0.4) is 0 Å². The topological polar surface area (TPSA) is 6.48 Å². The molecule has 0 bridgehead atoms. The summed E-state index contributed by atoms with van der Waals surface area (Å²) in [5.41, 5.74) is 16.7.